The van der Waals surface area contributed by atoms with Gasteiger partial charge in [-0.1, -0.05) is 23.4 Å². The molecule has 0 N–H and O–H groups in total. The zero-order valence-electron chi connectivity index (χ0n) is 12.6. The molecule has 0 aliphatic carbocycles. The largest absolute Gasteiger partial charge is 0.365 e. The Kier molecular flexibility index (Phi) is 4.12. The summed E-state index contributed by atoms with van der Waals surface area (Å²) in [6.07, 6.45) is 0. The zero-order valence-corrected chi connectivity index (χ0v) is 12.6. The molecule has 0 radical (unpaired) electrons. The molecule has 23 heavy (non-hydrogen) atoms. The molecule has 1 fully saturated rings. The minimum atomic E-state index is -1.83. The molecule has 1 aliphatic heterocycles. The number of likely N-dealkylation sites (tertiary alicyclic amines) is 1. The van der Waals surface area contributed by atoms with Gasteiger partial charge in [0.2, 0.25) is 5.91 Å². The molecule has 1 aromatic carbocycles. The van der Waals surface area contributed by atoms with Crippen LogP contribution in [0, 0.1) is 12.7 Å². The smallest absolute Gasteiger partial charge is 0.248 e. The van der Waals surface area contributed by atoms with Crippen LogP contribution in [0.15, 0.2) is 34.9 Å². The number of halogens is 2. The van der Waals surface area contributed by atoms with Gasteiger partial charge in [-0.15, -0.1) is 0 Å². The van der Waals surface area contributed by atoms with Crippen LogP contribution in [0.2, 0.25) is 0 Å². The van der Waals surface area contributed by atoms with E-state index >= 15 is 0 Å². The van der Waals surface area contributed by atoms with Crippen LogP contribution in [-0.4, -0.2) is 35.7 Å². The summed E-state index contributed by atoms with van der Waals surface area (Å²) in [5.74, 6) is -0.278. The lowest BCUT2D eigenvalue weighted by Gasteiger charge is -2.44. The minimum Gasteiger partial charge on any atom is -0.365 e. The van der Waals surface area contributed by atoms with Crippen LogP contribution in [0.5, 0.6) is 0 Å². The summed E-state index contributed by atoms with van der Waals surface area (Å²) in [5, 5.41) is 3.74. The number of carbonyl (C=O) groups is 1. The molecule has 0 bridgehead atoms. The number of alkyl halides is 1. The van der Waals surface area contributed by atoms with E-state index in [0.717, 1.165) is 0 Å². The summed E-state index contributed by atoms with van der Waals surface area (Å²) in [7, 11) is 0. The average molecular weight is 322 g/mol. The fraction of sp³-hybridized carbons (Fsp3) is 0.375. The van der Waals surface area contributed by atoms with Gasteiger partial charge in [0.1, 0.15) is 23.9 Å². The number of hydrogen-bond acceptors (Lipinski definition) is 4. The van der Waals surface area contributed by atoms with Gasteiger partial charge in [0, 0.05) is 11.6 Å². The second-order valence-corrected chi connectivity index (χ2v) is 5.62. The predicted octanol–water partition coefficient (Wildman–Crippen LogP) is 2.35. The maximum absolute atomic E-state index is 14.6. The number of rotatable bonds is 5. The Labute approximate surface area is 131 Å². The van der Waals surface area contributed by atoms with Crippen molar-refractivity contribution in [3.05, 3.63) is 53.2 Å². The van der Waals surface area contributed by atoms with Crippen molar-refractivity contribution in [2.24, 2.45) is 0 Å². The van der Waals surface area contributed by atoms with Crippen molar-refractivity contribution in [1.29, 1.82) is 0 Å². The van der Waals surface area contributed by atoms with Crippen LogP contribution in [0.3, 0.4) is 0 Å². The monoisotopic (exact) mass is 322 g/mol. The molecule has 0 spiro atoms. The summed E-state index contributed by atoms with van der Waals surface area (Å²) in [6, 6.07) is 7.40. The van der Waals surface area contributed by atoms with E-state index in [4.69, 9.17) is 9.26 Å². The molecule has 7 heteroatoms. The first-order valence-corrected chi connectivity index (χ1v) is 7.19. The van der Waals surface area contributed by atoms with Crippen LogP contribution < -0.4 is 0 Å². The van der Waals surface area contributed by atoms with Gasteiger partial charge in [-0.3, -0.25) is 4.79 Å². The van der Waals surface area contributed by atoms with E-state index < -0.39 is 11.5 Å². The summed E-state index contributed by atoms with van der Waals surface area (Å²) in [6.45, 7) is 1.38. The first-order valence-electron chi connectivity index (χ1n) is 7.19. The first-order chi connectivity index (χ1) is 11.0. The van der Waals surface area contributed by atoms with E-state index in [1.807, 2.05) is 0 Å². The Bertz CT molecular complexity index is 711. The molecule has 0 unspecified atom stereocenters. The lowest BCUT2D eigenvalue weighted by molar-refractivity contribution is -0.151. The third kappa shape index (κ3) is 3.24. The standard InChI is InChI=1S/C16H16F2N2O3/c1-11-6-12(19-23-11)7-22-8-15(21)20-9-16(18,10-20)13-4-2-3-5-14(13)17/h2-6H,7-10H2,1H3. The van der Waals surface area contributed by atoms with Gasteiger partial charge in [0.25, 0.3) is 0 Å². The van der Waals surface area contributed by atoms with Crippen molar-refractivity contribution < 1.29 is 22.8 Å². The van der Waals surface area contributed by atoms with E-state index in [0.29, 0.717) is 11.5 Å². The highest BCUT2D eigenvalue weighted by Crippen LogP contribution is 2.37. The van der Waals surface area contributed by atoms with E-state index in [9.17, 15) is 13.6 Å². The van der Waals surface area contributed by atoms with Crippen molar-refractivity contribution >= 4 is 5.91 Å². The third-order valence-electron chi connectivity index (χ3n) is 3.74. The highest BCUT2D eigenvalue weighted by molar-refractivity contribution is 5.78. The van der Waals surface area contributed by atoms with E-state index in [1.165, 1.54) is 23.1 Å². The third-order valence-corrected chi connectivity index (χ3v) is 3.74. The Morgan fingerprint density at radius 1 is 1.43 bits per heavy atom. The van der Waals surface area contributed by atoms with Crippen molar-refractivity contribution in [2.75, 3.05) is 19.7 Å². The van der Waals surface area contributed by atoms with Gasteiger partial charge >= 0.3 is 0 Å². The number of amides is 1. The number of benzene rings is 1. The molecule has 5 nitrogen and oxygen atoms in total. The average Bonchev–Trinajstić information content (AvgIpc) is 2.90. The molecular weight excluding hydrogens is 306 g/mol. The number of aromatic nitrogens is 1. The Morgan fingerprint density at radius 2 is 2.17 bits per heavy atom. The number of ether oxygens (including phenoxy) is 1. The second-order valence-electron chi connectivity index (χ2n) is 5.62. The first kappa shape index (κ1) is 15.6. The Morgan fingerprint density at radius 3 is 2.83 bits per heavy atom. The molecular formula is C16H16F2N2O3. The molecule has 1 aromatic heterocycles. The molecule has 1 saturated heterocycles. The maximum atomic E-state index is 14.6. The van der Waals surface area contributed by atoms with Gasteiger partial charge in [-0.2, -0.15) is 0 Å². The summed E-state index contributed by atoms with van der Waals surface area (Å²) >= 11 is 0. The molecule has 2 aromatic rings. The predicted molar refractivity (Wildman–Crippen MR) is 76.7 cm³/mol. The van der Waals surface area contributed by atoms with Crippen molar-refractivity contribution in [2.45, 2.75) is 19.2 Å². The second kappa shape index (κ2) is 6.08. The number of hydrogen-bond donors (Lipinski definition) is 0. The molecule has 122 valence electrons. The number of aryl methyl sites for hydroxylation is 1. The van der Waals surface area contributed by atoms with Crippen LogP contribution in [0.1, 0.15) is 17.0 Å². The van der Waals surface area contributed by atoms with Gasteiger partial charge in [-0.05, 0) is 13.0 Å². The molecule has 0 atom stereocenters. The molecule has 1 aliphatic rings. The van der Waals surface area contributed by atoms with Crippen LogP contribution in [0.25, 0.3) is 0 Å². The summed E-state index contributed by atoms with van der Waals surface area (Å²) in [4.78, 5) is 13.2. The molecule has 1 amide bonds. The Hall–Kier alpha value is -2.28. The lowest BCUT2D eigenvalue weighted by atomic mass is 9.87. The van der Waals surface area contributed by atoms with Gasteiger partial charge in [0.05, 0.1) is 19.7 Å². The number of nitrogens with zero attached hydrogens (tertiary/aromatic N) is 2. The van der Waals surface area contributed by atoms with Crippen LogP contribution in [-0.2, 0) is 21.8 Å². The molecule has 2 heterocycles. The fourth-order valence-corrected chi connectivity index (χ4v) is 2.55. The van der Waals surface area contributed by atoms with E-state index in [2.05, 4.69) is 5.16 Å². The van der Waals surface area contributed by atoms with Gasteiger partial charge in [0.15, 0.2) is 5.67 Å². The maximum Gasteiger partial charge on any atom is 0.248 e. The molecule has 0 saturated carbocycles. The Balaban J connectivity index is 1.49. The van der Waals surface area contributed by atoms with Crippen molar-refractivity contribution in [1.82, 2.24) is 10.1 Å². The fourth-order valence-electron chi connectivity index (χ4n) is 2.55. The lowest BCUT2D eigenvalue weighted by Crippen LogP contribution is -2.59. The van der Waals surface area contributed by atoms with Crippen molar-refractivity contribution in [3.8, 4) is 0 Å². The quantitative estimate of drug-likeness (QED) is 0.848. The topological polar surface area (TPSA) is 55.6 Å². The highest BCUT2D eigenvalue weighted by atomic mass is 19.1. The van der Waals surface area contributed by atoms with Crippen LogP contribution in [0.4, 0.5) is 8.78 Å². The van der Waals surface area contributed by atoms with Gasteiger partial charge < -0.3 is 14.2 Å². The summed E-state index contributed by atoms with van der Waals surface area (Å²) < 4.78 is 38.4. The zero-order chi connectivity index (χ0) is 16.4. The van der Waals surface area contributed by atoms with Gasteiger partial charge in [-0.25, -0.2) is 8.78 Å². The summed E-state index contributed by atoms with van der Waals surface area (Å²) in [5.41, 5.74) is -1.25. The molecule has 3 rings (SSSR count). The SMILES string of the molecule is Cc1cc(COCC(=O)N2CC(F)(c3ccccc3F)C2)no1. The normalized spacial score (nSPS) is 16.2. The minimum absolute atomic E-state index is 0.0111. The van der Waals surface area contributed by atoms with Crippen LogP contribution >= 0.6 is 0 Å². The van der Waals surface area contributed by atoms with E-state index in [1.54, 1.807) is 19.1 Å². The van der Waals surface area contributed by atoms with Crippen molar-refractivity contribution in [3.63, 3.8) is 0 Å². The highest BCUT2D eigenvalue weighted by Gasteiger charge is 2.48. The van der Waals surface area contributed by atoms with E-state index in [-0.39, 0.29) is 37.8 Å². The number of carbonyl (C=O) groups excluding carboxylic acids is 1.